The fourth-order valence-corrected chi connectivity index (χ4v) is 4.02. The molecule has 0 unspecified atom stereocenters. The number of benzene rings is 1. The summed E-state index contributed by atoms with van der Waals surface area (Å²) in [6, 6.07) is 6.00. The summed E-state index contributed by atoms with van der Waals surface area (Å²) < 4.78 is 0. The Balaban J connectivity index is 2.01. The lowest BCUT2D eigenvalue weighted by Crippen LogP contribution is -1.97. The number of nitrogens with zero attached hydrogens (tertiary/aromatic N) is 1. The zero-order valence-corrected chi connectivity index (χ0v) is 15.2. The van der Waals surface area contributed by atoms with Gasteiger partial charge in [0, 0.05) is 11.6 Å². The number of rotatable bonds is 3. The van der Waals surface area contributed by atoms with E-state index in [0.717, 1.165) is 5.82 Å². The van der Waals surface area contributed by atoms with Crippen molar-refractivity contribution in [3.63, 3.8) is 0 Å². The lowest BCUT2D eigenvalue weighted by atomic mass is 10.0. The Kier molecular flexibility index (Phi) is 3.81. The third kappa shape index (κ3) is 2.47. The molecule has 0 spiro atoms. The highest BCUT2D eigenvalue weighted by molar-refractivity contribution is 6.42. The highest BCUT2D eigenvalue weighted by atomic mass is 35.5. The Morgan fingerprint density at radius 2 is 1.82 bits per heavy atom. The van der Waals surface area contributed by atoms with Crippen molar-refractivity contribution in [1.29, 1.82) is 0 Å². The summed E-state index contributed by atoms with van der Waals surface area (Å²) in [5.41, 5.74) is 3.93. The maximum absolute atomic E-state index is 6.21. The van der Waals surface area contributed by atoms with Crippen LogP contribution in [-0.4, -0.2) is 9.97 Å². The van der Waals surface area contributed by atoms with Gasteiger partial charge in [-0.15, -0.1) is 0 Å². The lowest BCUT2D eigenvalue weighted by molar-refractivity contribution is 0.595. The van der Waals surface area contributed by atoms with Crippen LogP contribution in [0.15, 0.2) is 18.2 Å². The summed E-state index contributed by atoms with van der Waals surface area (Å²) in [7, 11) is 0. The molecule has 1 N–H and O–H groups in total. The molecule has 0 bridgehead atoms. The van der Waals surface area contributed by atoms with Gasteiger partial charge in [-0.05, 0) is 41.9 Å². The molecule has 118 valence electrons. The van der Waals surface area contributed by atoms with E-state index in [4.69, 9.17) is 28.2 Å². The molecule has 1 aliphatic rings. The largest absolute Gasteiger partial charge is 0.346 e. The van der Waals surface area contributed by atoms with Gasteiger partial charge in [-0.25, -0.2) is 4.98 Å². The molecule has 0 amide bonds. The number of aromatic amines is 1. The first kappa shape index (κ1) is 15.9. The lowest BCUT2D eigenvalue weighted by Gasteiger charge is -2.06. The second-order valence-electron chi connectivity index (χ2n) is 7.23. The van der Waals surface area contributed by atoms with Gasteiger partial charge in [0.25, 0.3) is 0 Å². The minimum Gasteiger partial charge on any atom is -0.346 e. The molecule has 2 atom stereocenters. The standard InChI is InChI=1S/C18H22Cl2N2/c1-9(2)16-17(22-10(3)21-16)15-14(18(15,4)5)11-6-7-12(19)13(20)8-11/h6-9,14-15H,1-5H3,(H,21,22)/t14-,15+/m1/s1. The molecule has 1 fully saturated rings. The Morgan fingerprint density at radius 1 is 1.14 bits per heavy atom. The number of imidazole rings is 1. The molecular weight excluding hydrogens is 315 g/mol. The fraction of sp³-hybridized carbons (Fsp3) is 0.500. The van der Waals surface area contributed by atoms with Crippen molar-refractivity contribution in [3.05, 3.63) is 51.0 Å². The fourth-order valence-electron chi connectivity index (χ4n) is 3.71. The van der Waals surface area contributed by atoms with Gasteiger partial charge < -0.3 is 4.98 Å². The second kappa shape index (κ2) is 5.28. The third-order valence-electron chi connectivity index (χ3n) is 4.87. The van der Waals surface area contributed by atoms with E-state index in [2.05, 4.69) is 38.7 Å². The van der Waals surface area contributed by atoms with Gasteiger partial charge in [0.05, 0.1) is 15.7 Å². The first-order chi connectivity index (χ1) is 10.2. The maximum Gasteiger partial charge on any atom is 0.103 e. The zero-order valence-electron chi connectivity index (χ0n) is 13.7. The van der Waals surface area contributed by atoms with Crippen LogP contribution in [0.1, 0.15) is 68.2 Å². The van der Waals surface area contributed by atoms with Crippen molar-refractivity contribution in [2.45, 2.75) is 52.4 Å². The minimum absolute atomic E-state index is 0.194. The summed E-state index contributed by atoms with van der Waals surface area (Å²) in [4.78, 5) is 8.19. The Labute approximate surface area is 142 Å². The predicted octanol–water partition coefficient (Wildman–Crippen LogP) is 6.06. The molecule has 4 heteroatoms. The summed E-state index contributed by atoms with van der Waals surface area (Å²) in [5.74, 6) is 2.31. The topological polar surface area (TPSA) is 28.7 Å². The number of hydrogen-bond acceptors (Lipinski definition) is 1. The molecule has 1 heterocycles. The molecule has 3 rings (SSSR count). The molecule has 22 heavy (non-hydrogen) atoms. The van der Waals surface area contributed by atoms with Crippen molar-refractivity contribution in [2.24, 2.45) is 5.41 Å². The van der Waals surface area contributed by atoms with Gasteiger partial charge in [0.2, 0.25) is 0 Å². The number of aryl methyl sites for hydroxylation is 1. The van der Waals surface area contributed by atoms with Crippen molar-refractivity contribution >= 4 is 23.2 Å². The van der Waals surface area contributed by atoms with Crippen LogP contribution < -0.4 is 0 Å². The van der Waals surface area contributed by atoms with Crippen LogP contribution >= 0.6 is 23.2 Å². The normalized spacial score (nSPS) is 23.1. The molecule has 1 aromatic carbocycles. The van der Waals surface area contributed by atoms with Crippen LogP contribution in [-0.2, 0) is 0 Å². The highest BCUT2D eigenvalue weighted by Gasteiger charge is 2.60. The van der Waals surface area contributed by atoms with Crippen LogP contribution in [0.5, 0.6) is 0 Å². The first-order valence-corrected chi connectivity index (χ1v) is 8.50. The van der Waals surface area contributed by atoms with E-state index in [-0.39, 0.29) is 5.41 Å². The van der Waals surface area contributed by atoms with Gasteiger partial charge in [-0.1, -0.05) is 57.0 Å². The van der Waals surface area contributed by atoms with Crippen LogP contribution in [0.4, 0.5) is 0 Å². The van der Waals surface area contributed by atoms with E-state index in [1.165, 1.54) is 17.0 Å². The van der Waals surface area contributed by atoms with Gasteiger partial charge in [0.1, 0.15) is 5.82 Å². The smallest absolute Gasteiger partial charge is 0.103 e. The average molecular weight is 337 g/mol. The molecular formula is C18H22Cl2N2. The predicted molar refractivity (Wildman–Crippen MR) is 93.1 cm³/mol. The van der Waals surface area contributed by atoms with Crippen LogP contribution in [0, 0.1) is 12.3 Å². The van der Waals surface area contributed by atoms with Crippen LogP contribution in [0.25, 0.3) is 0 Å². The number of hydrogen-bond donors (Lipinski definition) is 1. The van der Waals surface area contributed by atoms with Crippen molar-refractivity contribution in [2.75, 3.05) is 0 Å². The van der Waals surface area contributed by atoms with E-state index in [1.807, 2.05) is 19.1 Å². The quantitative estimate of drug-likeness (QED) is 0.725. The van der Waals surface area contributed by atoms with Gasteiger partial charge in [-0.3, -0.25) is 0 Å². The second-order valence-corrected chi connectivity index (χ2v) is 8.04. The van der Waals surface area contributed by atoms with Crippen molar-refractivity contribution in [3.8, 4) is 0 Å². The number of halogens is 2. The summed E-state index contributed by atoms with van der Waals surface area (Å²) in [6.45, 7) is 11.0. The number of aromatic nitrogens is 2. The van der Waals surface area contributed by atoms with E-state index >= 15 is 0 Å². The highest BCUT2D eigenvalue weighted by Crippen LogP contribution is 2.70. The van der Waals surface area contributed by atoms with E-state index in [1.54, 1.807) is 0 Å². The van der Waals surface area contributed by atoms with Gasteiger partial charge in [0.15, 0.2) is 0 Å². The molecule has 2 aromatic rings. The summed E-state index contributed by atoms with van der Waals surface area (Å²) in [5, 5.41) is 1.24. The van der Waals surface area contributed by atoms with E-state index in [9.17, 15) is 0 Å². The molecule has 1 aliphatic carbocycles. The molecule has 0 radical (unpaired) electrons. The van der Waals surface area contributed by atoms with E-state index < -0.39 is 0 Å². The third-order valence-corrected chi connectivity index (χ3v) is 5.61. The van der Waals surface area contributed by atoms with Gasteiger partial charge >= 0.3 is 0 Å². The number of nitrogens with one attached hydrogen (secondary N) is 1. The number of H-pyrrole nitrogens is 1. The maximum atomic E-state index is 6.21. The van der Waals surface area contributed by atoms with E-state index in [0.29, 0.717) is 27.8 Å². The van der Waals surface area contributed by atoms with Crippen molar-refractivity contribution < 1.29 is 0 Å². The molecule has 2 nitrogen and oxygen atoms in total. The SMILES string of the molecule is Cc1nc(C(C)C)c([C@@H]2[C@@H](c3ccc(Cl)c(Cl)c3)C2(C)C)[nH]1. The monoisotopic (exact) mass is 336 g/mol. The molecule has 0 saturated heterocycles. The Morgan fingerprint density at radius 3 is 2.41 bits per heavy atom. The first-order valence-electron chi connectivity index (χ1n) is 7.74. The van der Waals surface area contributed by atoms with Crippen LogP contribution in [0.3, 0.4) is 0 Å². The average Bonchev–Trinajstić information content (AvgIpc) is 2.78. The Hall–Kier alpha value is -0.990. The molecule has 0 aliphatic heterocycles. The molecule has 1 saturated carbocycles. The Bertz CT molecular complexity index is 716. The summed E-state index contributed by atoms with van der Waals surface area (Å²) >= 11 is 12.3. The van der Waals surface area contributed by atoms with Crippen molar-refractivity contribution in [1.82, 2.24) is 9.97 Å². The van der Waals surface area contributed by atoms with Crippen LogP contribution in [0.2, 0.25) is 10.0 Å². The summed E-state index contributed by atoms with van der Waals surface area (Å²) in [6.07, 6.45) is 0. The zero-order chi connectivity index (χ0) is 16.2. The van der Waals surface area contributed by atoms with Gasteiger partial charge in [-0.2, -0.15) is 0 Å². The minimum atomic E-state index is 0.194. The molecule has 1 aromatic heterocycles.